The summed E-state index contributed by atoms with van der Waals surface area (Å²) in [7, 11) is 0. The second kappa shape index (κ2) is 11.5. The van der Waals surface area contributed by atoms with E-state index >= 15 is 0 Å². The largest absolute Gasteiger partial charge is 0.508 e. The molecule has 0 aromatic heterocycles. The number of aryl methyl sites for hydroxylation is 1. The number of hydrogen-bond donors (Lipinski definition) is 4. The average Bonchev–Trinajstić information content (AvgIpc) is 2.97. The van der Waals surface area contributed by atoms with Crippen LogP contribution in [0.1, 0.15) is 36.8 Å². The van der Waals surface area contributed by atoms with Crippen LogP contribution in [0.25, 0.3) is 0 Å². The van der Waals surface area contributed by atoms with Crippen LogP contribution >= 0.6 is 0 Å². The van der Waals surface area contributed by atoms with Crippen LogP contribution in [-0.2, 0) is 27.2 Å². The zero-order valence-electron chi connectivity index (χ0n) is 18.4. The maximum absolute atomic E-state index is 13.3. The average molecular weight is 455 g/mol. The molecule has 0 bridgehead atoms. The van der Waals surface area contributed by atoms with Crippen molar-refractivity contribution in [2.45, 2.75) is 56.7 Å². The molecule has 8 nitrogen and oxygen atoms in total. The Morgan fingerprint density at radius 3 is 2.30 bits per heavy atom. The molecule has 0 aliphatic carbocycles. The van der Waals surface area contributed by atoms with E-state index < -0.39 is 30.1 Å². The van der Waals surface area contributed by atoms with Crippen LogP contribution in [0.15, 0.2) is 54.6 Å². The third kappa shape index (κ3) is 6.79. The highest BCUT2D eigenvalue weighted by Gasteiger charge is 2.36. The summed E-state index contributed by atoms with van der Waals surface area (Å²) in [5.74, 6) is -2.45. The summed E-state index contributed by atoms with van der Waals surface area (Å²) in [6.45, 7) is 0.299. The number of nitrogens with one attached hydrogen (secondary N) is 1. The zero-order chi connectivity index (χ0) is 23.8. The van der Waals surface area contributed by atoms with E-state index in [0.29, 0.717) is 44.2 Å². The van der Waals surface area contributed by atoms with Gasteiger partial charge in [-0.2, -0.15) is 0 Å². The summed E-state index contributed by atoms with van der Waals surface area (Å²) in [6.07, 6.45) is 2.76. The minimum absolute atomic E-state index is 0.0796. The van der Waals surface area contributed by atoms with Crippen LogP contribution in [0.3, 0.4) is 0 Å². The van der Waals surface area contributed by atoms with E-state index in [2.05, 4.69) is 5.32 Å². The van der Waals surface area contributed by atoms with Crippen LogP contribution in [0.5, 0.6) is 5.75 Å². The number of nitrogens with zero attached hydrogens (tertiary/aromatic N) is 1. The third-order valence-electron chi connectivity index (χ3n) is 6.01. The van der Waals surface area contributed by atoms with Gasteiger partial charge in [-0.3, -0.25) is 14.9 Å². The first kappa shape index (κ1) is 24.3. The van der Waals surface area contributed by atoms with E-state index in [1.165, 1.54) is 17.0 Å². The van der Waals surface area contributed by atoms with Crippen molar-refractivity contribution in [3.63, 3.8) is 0 Å². The van der Waals surface area contributed by atoms with Gasteiger partial charge in [0.2, 0.25) is 5.91 Å². The number of hydrogen-bond acceptors (Lipinski definition) is 5. The fraction of sp³-hybridized carbons (Fsp3) is 0.400. The van der Waals surface area contributed by atoms with E-state index in [9.17, 15) is 29.7 Å². The van der Waals surface area contributed by atoms with Crippen LogP contribution in [0, 0.1) is 0 Å². The second-order valence-electron chi connectivity index (χ2n) is 8.39. The highest BCUT2D eigenvalue weighted by atomic mass is 16.4. The Hall–Kier alpha value is -3.39. The van der Waals surface area contributed by atoms with Gasteiger partial charge in [0.05, 0.1) is 6.04 Å². The highest BCUT2D eigenvalue weighted by molar-refractivity contribution is 5.88. The van der Waals surface area contributed by atoms with E-state index in [4.69, 9.17) is 0 Å². The fourth-order valence-corrected chi connectivity index (χ4v) is 4.19. The molecule has 4 N–H and O–H groups in total. The Balaban J connectivity index is 1.72. The lowest BCUT2D eigenvalue weighted by Gasteiger charge is -2.31. The van der Waals surface area contributed by atoms with Gasteiger partial charge in [0.15, 0.2) is 0 Å². The number of carbonyl (C=O) groups excluding carboxylic acids is 1. The third-order valence-corrected chi connectivity index (χ3v) is 6.01. The maximum atomic E-state index is 13.3. The van der Waals surface area contributed by atoms with Gasteiger partial charge in [-0.05, 0) is 55.4 Å². The number of carboxylic acids is 2. The number of carboxylic acid groups (broad SMARTS) is 2. The number of phenolic OH excluding ortho intramolecular Hbond substituents is 1. The smallest absolute Gasteiger partial charge is 0.326 e. The Bertz CT molecular complexity index is 947. The molecule has 2 unspecified atom stereocenters. The topological polar surface area (TPSA) is 127 Å². The molecular formula is C25H30N2O6. The predicted octanol–water partition coefficient (Wildman–Crippen LogP) is 2.44. The molecule has 1 fully saturated rings. The first-order valence-corrected chi connectivity index (χ1v) is 11.2. The number of amides is 1. The number of phenols is 1. The SMILES string of the molecule is O=C(O)C(Cc1ccc(O)cc1)N1CCCCC(N[C@@H](CCc2ccccc2)C(=O)O)C1=O. The highest BCUT2D eigenvalue weighted by Crippen LogP contribution is 2.20. The Labute approximate surface area is 192 Å². The molecule has 3 atom stereocenters. The number of rotatable bonds is 10. The van der Waals surface area contributed by atoms with Gasteiger partial charge in [0.25, 0.3) is 0 Å². The summed E-state index contributed by atoms with van der Waals surface area (Å²) in [5.41, 5.74) is 1.70. The summed E-state index contributed by atoms with van der Waals surface area (Å²) >= 11 is 0. The molecule has 0 radical (unpaired) electrons. The van der Waals surface area contributed by atoms with Crippen molar-refractivity contribution < 1.29 is 29.7 Å². The second-order valence-corrected chi connectivity index (χ2v) is 8.39. The van der Waals surface area contributed by atoms with E-state index in [0.717, 1.165) is 5.56 Å². The van der Waals surface area contributed by atoms with Crippen molar-refractivity contribution in [2.75, 3.05) is 6.54 Å². The lowest BCUT2D eigenvalue weighted by Crippen LogP contribution is -2.55. The Morgan fingerprint density at radius 2 is 1.67 bits per heavy atom. The molecule has 0 saturated carbocycles. The van der Waals surface area contributed by atoms with Crippen LogP contribution in [0.4, 0.5) is 0 Å². The van der Waals surface area contributed by atoms with E-state index in [1.807, 2.05) is 30.3 Å². The van der Waals surface area contributed by atoms with Gasteiger partial charge in [0, 0.05) is 13.0 Å². The summed E-state index contributed by atoms with van der Waals surface area (Å²) in [4.78, 5) is 38.6. The quantitative estimate of drug-likeness (QED) is 0.434. The van der Waals surface area contributed by atoms with Crippen molar-refractivity contribution in [3.8, 4) is 5.75 Å². The van der Waals surface area contributed by atoms with Gasteiger partial charge < -0.3 is 20.2 Å². The molecule has 1 aliphatic heterocycles. The number of likely N-dealkylation sites (tertiary alicyclic amines) is 1. The lowest BCUT2D eigenvalue weighted by atomic mass is 10.0. The molecule has 1 heterocycles. The van der Waals surface area contributed by atoms with Gasteiger partial charge >= 0.3 is 11.9 Å². The van der Waals surface area contributed by atoms with Crippen molar-refractivity contribution >= 4 is 17.8 Å². The number of aromatic hydroxyl groups is 1. The molecule has 33 heavy (non-hydrogen) atoms. The normalized spacial score (nSPS) is 18.4. The molecule has 2 aromatic carbocycles. The molecule has 1 amide bonds. The van der Waals surface area contributed by atoms with Gasteiger partial charge in [-0.15, -0.1) is 0 Å². The predicted molar refractivity (Wildman–Crippen MR) is 122 cm³/mol. The minimum Gasteiger partial charge on any atom is -0.508 e. The van der Waals surface area contributed by atoms with Gasteiger partial charge in [-0.1, -0.05) is 42.5 Å². The fourth-order valence-electron chi connectivity index (χ4n) is 4.19. The van der Waals surface area contributed by atoms with Crippen LogP contribution in [-0.4, -0.2) is 62.7 Å². The standard InChI is InChI=1S/C25H30N2O6/c28-19-12-9-18(10-13-19)16-22(25(32)33)27-15-5-4-8-20(23(27)29)26-21(24(30)31)14-11-17-6-2-1-3-7-17/h1-3,6-7,9-10,12-13,20-22,26,28H,4-5,8,11,14-16H2,(H,30,31)(H,32,33)/t20?,21-,22?/m0/s1. The Kier molecular flexibility index (Phi) is 8.43. The van der Waals surface area contributed by atoms with Gasteiger partial charge in [0.1, 0.15) is 17.8 Å². The zero-order valence-corrected chi connectivity index (χ0v) is 18.4. The number of aliphatic carboxylic acids is 2. The minimum atomic E-state index is -1.11. The monoisotopic (exact) mass is 454 g/mol. The van der Waals surface area contributed by atoms with Crippen molar-refractivity contribution in [3.05, 3.63) is 65.7 Å². The van der Waals surface area contributed by atoms with Crippen LogP contribution < -0.4 is 5.32 Å². The van der Waals surface area contributed by atoms with Gasteiger partial charge in [-0.25, -0.2) is 4.79 Å². The molecule has 3 rings (SSSR count). The van der Waals surface area contributed by atoms with Crippen molar-refractivity contribution in [1.82, 2.24) is 10.2 Å². The summed E-state index contributed by atoms with van der Waals surface area (Å²) in [6, 6.07) is 13.0. The van der Waals surface area contributed by atoms with Crippen molar-refractivity contribution in [2.24, 2.45) is 0 Å². The molecule has 1 aliphatic rings. The maximum Gasteiger partial charge on any atom is 0.326 e. The van der Waals surface area contributed by atoms with Crippen molar-refractivity contribution in [1.29, 1.82) is 0 Å². The van der Waals surface area contributed by atoms with E-state index in [-0.39, 0.29) is 18.1 Å². The molecular weight excluding hydrogens is 424 g/mol. The molecule has 2 aromatic rings. The molecule has 8 heteroatoms. The molecule has 1 saturated heterocycles. The number of carbonyl (C=O) groups is 3. The summed E-state index contributed by atoms with van der Waals surface area (Å²) in [5, 5.41) is 32.0. The lowest BCUT2D eigenvalue weighted by molar-refractivity contribution is -0.151. The molecule has 176 valence electrons. The Morgan fingerprint density at radius 1 is 0.970 bits per heavy atom. The molecule has 0 spiro atoms. The first-order chi connectivity index (χ1) is 15.8. The first-order valence-electron chi connectivity index (χ1n) is 11.2. The summed E-state index contributed by atoms with van der Waals surface area (Å²) < 4.78 is 0. The number of benzene rings is 2. The van der Waals surface area contributed by atoms with E-state index in [1.54, 1.807) is 12.1 Å². The van der Waals surface area contributed by atoms with Crippen LogP contribution in [0.2, 0.25) is 0 Å².